The van der Waals surface area contributed by atoms with Gasteiger partial charge in [0.15, 0.2) is 0 Å². The number of aromatic nitrogens is 4. The molecule has 0 aliphatic heterocycles. The molecule has 0 atom stereocenters. The van der Waals surface area contributed by atoms with Crippen LogP contribution >= 0.6 is 0 Å². The lowest BCUT2D eigenvalue weighted by molar-refractivity contribution is -0.116. The third-order valence-electron chi connectivity index (χ3n) is 6.00. The van der Waals surface area contributed by atoms with Crippen molar-refractivity contribution >= 4 is 33.5 Å². The van der Waals surface area contributed by atoms with Crippen LogP contribution in [0.2, 0.25) is 0 Å². The minimum atomic E-state index is -0.161. The van der Waals surface area contributed by atoms with Crippen molar-refractivity contribution in [2.24, 2.45) is 7.05 Å². The van der Waals surface area contributed by atoms with E-state index in [2.05, 4.69) is 51.2 Å². The summed E-state index contributed by atoms with van der Waals surface area (Å²) >= 11 is 0. The molecular weight excluding hydrogens is 404 g/mol. The maximum Gasteiger partial charge on any atom is 0.253 e. The summed E-state index contributed by atoms with van der Waals surface area (Å²) in [6, 6.07) is 8.02. The molecule has 1 amide bonds. The van der Waals surface area contributed by atoms with Crippen molar-refractivity contribution in [2.45, 2.75) is 33.2 Å². The number of pyridine rings is 1. The van der Waals surface area contributed by atoms with Gasteiger partial charge in [-0.1, -0.05) is 0 Å². The molecule has 3 aromatic heterocycles. The smallest absolute Gasteiger partial charge is 0.253 e. The van der Waals surface area contributed by atoms with Gasteiger partial charge in [0.2, 0.25) is 5.91 Å². The van der Waals surface area contributed by atoms with Crippen LogP contribution in [-0.4, -0.2) is 50.8 Å². The number of aromatic amines is 1. The van der Waals surface area contributed by atoms with Gasteiger partial charge in [-0.2, -0.15) is 5.10 Å². The first-order valence-electron chi connectivity index (χ1n) is 10.8. The molecule has 32 heavy (non-hydrogen) atoms. The molecular formula is C24H30N6O2. The van der Waals surface area contributed by atoms with E-state index in [0.717, 1.165) is 46.3 Å². The van der Waals surface area contributed by atoms with Crippen molar-refractivity contribution in [1.29, 1.82) is 0 Å². The van der Waals surface area contributed by atoms with Gasteiger partial charge in [-0.25, -0.2) is 0 Å². The Hall–Kier alpha value is -3.39. The van der Waals surface area contributed by atoms with E-state index in [1.165, 1.54) is 0 Å². The molecule has 2 N–H and O–H groups in total. The van der Waals surface area contributed by atoms with E-state index in [0.29, 0.717) is 17.6 Å². The quantitative estimate of drug-likeness (QED) is 0.468. The van der Waals surface area contributed by atoms with Crippen LogP contribution in [0.5, 0.6) is 0 Å². The number of anilines is 1. The van der Waals surface area contributed by atoms with Crippen molar-refractivity contribution < 1.29 is 4.79 Å². The average Bonchev–Trinajstić information content (AvgIpc) is 3.25. The zero-order valence-electron chi connectivity index (χ0n) is 19.3. The summed E-state index contributed by atoms with van der Waals surface area (Å²) < 4.78 is 3.89. The van der Waals surface area contributed by atoms with E-state index in [-0.39, 0.29) is 17.9 Å². The van der Waals surface area contributed by atoms with Crippen molar-refractivity contribution in [2.75, 3.05) is 26.0 Å². The lowest BCUT2D eigenvalue weighted by atomic mass is 10.0. The van der Waals surface area contributed by atoms with E-state index in [4.69, 9.17) is 0 Å². The number of H-pyrrole nitrogens is 1. The molecule has 3 heterocycles. The summed E-state index contributed by atoms with van der Waals surface area (Å²) in [5.41, 5.74) is 4.85. The largest absolute Gasteiger partial charge is 0.346 e. The predicted molar refractivity (Wildman–Crippen MR) is 128 cm³/mol. The van der Waals surface area contributed by atoms with Crippen molar-refractivity contribution in [3.05, 3.63) is 57.6 Å². The van der Waals surface area contributed by atoms with E-state index in [1.807, 2.05) is 39.1 Å². The van der Waals surface area contributed by atoms with Gasteiger partial charge < -0.3 is 19.8 Å². The second kappa shape index (κ2) is 8.63. The van der Waals surface area contributed by atoms with E-state index < -0.39 is 0 Å². The normalized spacial score (nSPS) is 11.7. The fourth-order valence-electron chi connectivity index (χ4n) is 4.30. The molecule has 0 bridgehead atoms. The topological polar surface area (TPSA) is 88.0 Å². The molecule has 0 spiro atoms. The number of hydrogen-bond acceptors (Lipinski definition) is 4. The van der Waals surface area contributed by atoms with Crippen LogP contribution < -0.4 is 10.9 Å². The Morgan fingerprint density at radius 1 is 1.22 bits per heavy atom. The third kappa shape index (κ3) is 4.18. The summed E-state index contributed by atoms with van der Waals surface area (Å²) in [7, 11) is 5.93. The number of fused-ring (bicyclic) bond motifs is 2. The monoisotopic (exact) mass is 434 g/mol. The Morgan fingerprint density at radius 3 is 2.75 bits per heavy atom. The number of aryl methyl sites for hydroxylation is 3. The average molecular weight is 435 g/mol. The van der Waals surface area contributed by atoms with Gasteiger partial charge in [-0.3, -0.25) is 14.3 Å². The highest BCUT2D eigenvalue weighted by molar-refractivity contribution is 5.94. The van der Waals surface area contributed by atoms with Crippen LogP contribution in [0.15, 0.2) is 35.3 Å². The highest BCUT2D eigenvalue weighted by Gasteiger charge is 2.16. The number of nitrogens with zero attached hydrogens (tertiary/aromatic N) is 4. The summed E-state index contributed by atoms with van der Waals surface area (Å²) in [4.78, 5) is 30.3. The molecule has 8 heteroatoms. The molecule has 0 aliphatic rings. The van der Waals surface area contributed by atoms with Gasteiger partial charge in [-0.05, 0) is 64.2 Å². The van der Waals surface area contributed by atoms with Crippen LogP contribution in [0.1, 0.15) is 23.2 Å². The standard InChI is InChI=1S/C24H30N6O2/c1-15-19(24(32)26-23-22(15)16(2)27-29(23)5)7-9-21(31)25-18-6-8-20-17(14-18)10-11-30(20)13-12-28(3)4/h6,8,10-11,14H,7,9,12-13H2,1-5H3,(H,25,31)(H,26,32). The van der Waals surface area contributed by atoms with Crippen molar-refractivity contribution in [3.63, 3.8) is 0 Å². The van der Waals surface area contributed by atoms with Gasteiger partial charge in [0.1, 0.15) is 5.65 Å². The molecule has 0 fully saturated rings. The third-order valence-corrected chi connectivity index (χ3v) is 6.00. The second-order valence-electron chi connectivity index (χ2n) is 8.62. The molecule has 4 rings (SSSR count). The van der Waals surface area contributed by atoms with Crippen molar-refractivity contribution in [3.8, 4) is 0 Å². The van der Waals surface area contributed by atoms with Gasteiger partial charge in [0, 0.05) is 60.3 Å². The van der Waals surface area contributed by atoms with Crippen LogP contribution in [-0.2, 0) is 24.8 Å². The lowest BCUT2D eigenvalue weighted by Crippen LogP contribution is -2.19. The van der Waals surface area contributed by atoms with Crippen LogP contribution in [0.4, 0.5) is 5.69 Å². The predicted octanol–water partition coefficient (Wildman–Crippen LogP) is 2.97. The van der Waals surface area contributed by atoms with Gasteiger partial charge in [-0.15, -0.1) is 0 Å². The summed E-state index contributed by atoms with van der Waals surface area (Å²) in [6.45, 7) is 5.73. The number of benzene rings is 1. The maximum absolute atomic E-state index is 12.6. The van der Waals surface area contributed by atoms with E-state index >= 15 is 0 Å². The molecule has 0 saturated heterocycles. The minimum absolute atomic E-state index is 0.113. The Kier molecular flexibility index (Phi) is 5.88. The first-order chi connectivity index (χ1) is 15.2. The van der Waals surface area contributed by atoms with Crippen LogP contribution in [0, 0.1) is 13.8 Å². The zero-order chi connectivity index (χ0) is 23.0. The van der Waals surface area contributed by atoms with Gasteiger partial charge >= 0.3 is 0 Å². The second-order valence-corrected chi connectivity index (χ2v) is 8.62. The molecule has 8 nitrogen and oxygen atoms in total. The number of rotatable bonds is 7. The summed E-state index contributed by atoms with van der Waals surface area (Å²) in [5, 5.41) is 9.40. The molecule has 0 unspecified atom stereocenters. The molecule has 4 aromatic rings. The molecule has 0 saturated carbocycles. The van der Waals surface area contributed by atoms with Gasteiger partial charge in [0.05, 0.1) is 5.69 Å². The lowest BCUT2D eigenvalue weighted by Gasteiger charge is -2.11. The Balaban J connectivity index is 1.46. The highest BCUT2D eigenvalue weighted by Crippen LogP contribution is 2.23. The first-order valence-corrected chi connectivity index (χ1v) is 10.8. The van der Waals surface area contributed by atoms with Gasteiger partial charge in [0.25, 0.3) is 5.56 Å². The van der Waals surface area contributed by atoms with Crippen molar-refractivity contribution in [1.82, 2.24) is 24.2 Å². The molecule has 0 radical (unpaired) electrons. The Labute approximate surface area is 186 Å². The van der Waals surface area contributed by atoms with E-state index in [1.54, 1.807) is 4.68 Å². The molecule has 168 valence electrons. The Bertz CT molecular complexity index is 1360. The van der Waals surface area contributed by atoms with Crippen LogP contribution in [0.25, 0.3) is 21.9 Å². The minimum Gasteiger partial charge on any atom is -0.346 e. The van der Waals surface area contributed by atoms with E-state index in [9.17, 15) is 9.59 Å². The SMILES string of the molecule is Cc1nn(C)c2[nH]c(=O)c(CCC(=O)Nc3ccc4c(ccn4CCN(C)C)c3)c(C)c12. The molecule has 1 aromatic carbocycles. The Morgan fingerprint density at radius 2 is 2.00 bits per heavy atom. The molecule has 0 aliphatic carbocycles. The number of likely N-dealkylation sites (N-methyl/N-ethyl adjacent to an activating group) is 1. The number of hydrogen-bond donors (Lipinski definition) is 2. The number of carbonyl (C=O) groups is 1. The van der Waals surface area contributed by atoms with Crippen LogP contribution in [0.3, 0.4) is 0 Å². The number of nitrogens with one attached hydrogen (secondary N) is 2. The first kappa shape index (κ1) is 21.8. The maximum atomic E-state index is 12.6. The fraction of sp³-hybridized carbons (Fsp3) is 0.375. The summed E-state index contributed by atoms with van der Waals surface area (Å²) in [6.07, 6.45) is 2.68. The zero-order valence-corrected chi connectivity index (χ0v) is 19.3. The number of amides is 1. The fourth-order valence-corrected chi connectivity index (χ4v) is 4.30. The highest BCUT2D eigenvalue weighted by atomic mass is 16.1. The summed E-state index contributed by atoms with van der Waals surface area (Å²) in [5.74, 6) is -0.113. The number of carbonyl (C=O) groups excluding carboxylic acids is 1.